The summed E-state index contributed by atoms with van der Waals surface area (Å²) < 4.78 is 5.51. The van der Waals surface area contributed by atoms with Crippen LogP contribution in [0.4, 0.5) is 0 Å². The first-order valence-electron chi connectivity index (χ1n) is 6.84. The first-order valence-corrected chi connectivity index (χ1v) is 6.84. The topological polar surface area (TPSA) is 24.5 Å². The molecule has 0 aromatic carbocycles. The molecular weight excluding hydrogens is 212 g/mol. The summed E-state index contributed by atoms with van der Waals surface area (Å²) in [5.41, 5.74) is 0.232. The van der Waals surface area contributed by atoms with E-state index < -0.39 is 0 Å². The minimum Gasteiger partial charge on any atom is -0.379 e. The number of hydrogen-bond acceptors (Lipinski definition) is 3. The van der Waals surface area contributed by atoms with Crippen molar-refractivity contribution in [2.24, 2.45) is 0 Å². The Morgan fingerprint density at radius 3 is 2.59 bits per heavy atom. The van der Waals surface area contributed by atoms with E-state index in [9.17, 15) is 0 Å². The van der Waals surface area contributed by atoms with Gasteiger partial charge in [0.2, 0.25) is 0 Å². The SMILES string of the molecule is CCC1CNC(C)(C)CN1CCC(C)(C)OC. The predicted octanol–water partition coefficient (Wildman–Crippen LogP) is 2.26. The molecule has 1 aliphatic rings. The summed E-state index contributed by atoms with van der Waals surface area (Å²) in [6.07, 6.45) is 2.31. The monoisotopic (exact) mass is 242 g/mol. The van der Waals surface area contributed by atoms with Crippen LogP contribution in [0.5, 0.6) is 0 Å². The average Bonchev–Trinajstić information content (AvgIpc) is 2.26. The number of piperazine rings is 1. The normalized spacial score (nSPS) is 26.1. The summed E-state index contributed by atoms with van der Waals surface area (Å²) in [6, 6.07) is 0.677. The van der Waals surface area contributed by atoms with Crippen LogP contribution in [0.15, 0.2) is 0 Å². The van der Waals surface area contributed by atoms with E-state index in [4.69, 9.17) is 4.74 Å². The lowest BCUT2D eigenvalue weighted by molar-refractivity contribution is -0.00415. The summed E-state index contributed by atoms with van der Waals surface area (Å²) in [7, 11) is 1.80. The second-order valence-electron chi connectivity index (χ2n) is 6.51. The molecule has 17 heavy (non-hydrogen) atoms. The zero-order valence-corrected chi connectivity index (χ0v) is 12.5. The molecule has 0 radical (unpaired) electrons. The van der Waals surface area contributed by atoms with Gasteiger partial charge >= 0.3 is 0 Å². The molecule has 0 aromatic rings. The summed E-state index contributed by atoms with van der Waals surface area (Å²) >= 11 is 0. The summed E-state index contributed by atoms with van der Waals surface area (Å²) in [4.78, 5) is 2.62. The van der Waals surface area contributed by atoms with Crippen molar-refractivity contribution in [1.82, 2.24) is 10.2 Å². The van der Waals surface area contributed by atoms with Gasteiger partial charge in [0, 0.05) is 38.3 Å². The fourth-order valence-corrected chi connectivity index (χ4v) is 2.40. The van der Waals surface area contributed by atoms with Crippen molar-refractivity contribution in [3.8, 4) is 0 Å². The molecule has 1 atom stereocenters. The lowest BCUT2D eigenvalue weighted by atomic mass is 9.96. The zero-order valence-electron chi connectivity index (χ0n) is 12.5. The lowest BCUT2D eigenvalue weighted by Gasteiger charge is -2.45. The maximum Gasteiger partial charge on any atom is 0.0634 e. The van der Waals surface area contributed by atoms with Gasteiger partial charge in [-0.3, -0.25) is 4.90 Å². The highest BCUT2D eigenvalue weighted by Gasteiger charge is 2.32. The van der Waals surface area contributed by atoms with Crippen molar-refractivity contribution in [1.29, 1.82) is 0 Å². The smallest absolute Gasteiger partial charge is 0.0634 e. The summed E-state index contributed by atoms with van der Waals surface area (Å²) in [6.45, 7) is 14.6. The van der Waals surface area contributed by atoms with Gasteiger partial charge in [0.05, 0.1) is 5.60 Å². The quantitative estimate of drug-likeness (QED) is 0.800. The first-order chi connectivity index (χ1) is 7.79. The van der Waals surface area contributed by atoms with Gasteiger partial charge < -0.3 is 10.1 Å². The largest absolute Gasteiger partial charge is 0.379 e. The molecule has 102 valence electrons. The van der Waals surface area contributed by atoms with Crippen molar-refractivity contribution >= 4 is 0 Å². The van der Waals surface area contributed by atoms with E-state index in [0.29, 0.717) is 6.04 Å². The fourth-order valence-electron chi connectivity index (χ4n) is 2.40. The Bertz CT molecular complexity index is 238. The molecule has 0 saturated carbocycles. The maximum atomic E-state index is 5.51. The highest BCUT2D eigenvalue weighted by Crippen LogP contribution is 2.20. The van der Waals surface area contributed by atoms with Gasteiger partial charge in [-0.25, -0.2) is 0 Å². The van der Waals surface area contributed by atoms with Gasteiger partial charge in [-0.2, -0.15) is 0 Å². The molecule has 0 spiro atoms. The highest BCUT2D eigenvalue weighted by atomic mass is 16.5. The van der Waals surface area contributed by atoms with Crippen LogP contribution in [0.25, 0.3) is 0 Å². The number of methoxy groups -OCH3 is 1. The van der Waals surface area contributed by atoms with E-state index in [-0.39, 0.29) is 11.1 Å². The number of hydrogen-bond donors (Lipinski definition) is 1. The third-order valence-corrected chi connectivity index (χ3v) is 3.96. The predicted molar refractivity (Wildman–Crippen MR) is 73.4 cm³/mol. The molecule has 3 nitrogen and oxygen atoms in total. The van der Waals surface area contributed by atoms with Crippen molar-refractivity contribution in [3.63, 3.8) is 0 Å². The minimum absolute atomic E-state index is 0.00664. The molecule has 1 heterocycles. The van der Waals surface area contributed by atoms with E-state index in [2.05, 4.69) is 44.8 Å². The third-order valence-electron chi connectivity index (χ3n) is 3.96. The highest BCUT2D eigenvalue weighted by molar-refractivity contribution is 4.92. The maximum absolute atomic E-state index is 5.51. The van der Waals surface area contributed by atoms with Crippen LogP contribution in [0, 0.1) is 0 Å². The van der Waals surface area contributed by atoms with E-state index >= 15 is 0 Å². The van der Waals surface area contributed by atoms with Crippen LogP contribution in [-0.2, 0) is 4.74 Å². The van der Waals surface area contributed by atoms with Gasteiger partial charge in [-0.15, -0.1) is 0 Å². The molecule has 1 unspecified atom stereocenters. The minimum atomic E-state index is -0.00664. The van der Waals surface area contributed by atoms with E-state index in [1.165, 1.54) is 6.42 Å². The third kappa shape index (κ3) is 4.57. The Morgan fingerprint density at radius 1 is 1.41 bits per heavy atom. The zero-order chi connectivity index (χ0) is 13.1. The second-order valence-corrected chi connectivity index (χ2v) is 6.51. The number of nitrogens with one attached hydrogen (secondary N) is 1. The number of rotatable bonds is 5. The van der Waals surface area contributed by atoms with Crippen molar-refractivity contribution in [3.05, 3.63) is 0 Å². The molecular formula is C14H30N2O. The van der Waals surface area contributed by atoms with Gasteiger partial charge in [-0.1, -0.05) is 6.92 Å². The van der Waals surface area contributed by atoms with Gasteiger partial charge in [-0.05, 0) is 40.5 Å². The van der Waals surface area contributed by atoms with E-state index in [0.717, 1.165) is 26.1 Å². The summed E-state index contributed by atoms with van der Waals surface area (Å²) in [5.74, 6) is 0. The Kier molecular flexibility index (Phi) is 4.99. The Morgan fingerprint density at radius 2 is 2.06 bits per heavy atom. The van der Waals surface area contributed by atoms with Crippen molar-refractivity contribution in [2.75, 3.05) is 26.7 Å². The Balaban J connectivity index is 2.53. The van der Waals surface area contributed by atoms with Crippen LogP contribution >= 0.6 is 0 Å². The first kappa shape index (κ1) is 14.9. The fraction of sp³-hybridized carbons (Fsp3) is 1.00. The van der Waals surface area contributed by atoms with Gasteiger partial charge in [0.25, 0.3) is 0 Å². The van der Waals surface area contributed by atoms with Crippen LogP contribution in [0.2, 0.25) is 0 Å². The Hall–Kier alpha value is -0.120. The molecule has 1 fully saturated rings. The lowest BCUT2D eigenvalue weighted by Crippen LogP contribution is -2.61. The molecule has 1 saturated heterocycles. The van der Waals surface area contributed by atoms with Crippen LogP contribution in [0.1, 0.15) is 47.5 Å². The molecule has 1 aliphatic heterocycles. The van der Waals surface area contributed by atoms with Crippen molar-refractivity contribution < 1.29 is 4.74 Å². The number of nitrogens with zero attached hydrogens (tertiary/aromatic N) is 1. The second kappa shape index (κ2) is 5.68. The van der Waals surface area contributed by atoms with Gasteiger partial charge in [0.1, 0.15) is 0 Å². The van der Waals surface area contributed by atoms with Crippen molar-refractivity contribution in [2.45, 2.75) is 64.6 Å². The molecule has 0 aromatic heterocycles. The van der Waals surface area contributed by atoms with Crippen LogP contribution in [0.3, 0.4) is 0 Å². The molecule has 1 N–H and O–H groups in total. The van der Waals surface area contributed by atoms with Crippen LogP contribution < -0.4 is 5.32 Å². The summed E-state index contributed by atoms with van der Waals surface area (Å²) in [5, 5.41) is 3.63. The van der Waals surface area contributed by atoms with E-state index in [1.54, 1.807) is 7.11 Å². The average molecular weight is 242 g/mol. The molecule has 0 bridgehead atoms. The van der Waals surface area contributed by atoms with E-state index in [1.807, 2.05) is 0 Å². The standard InChI is InChI=1S/C14H30N2O/c1-7-12-10-15-13(2,3)11-16(12)9-8-14(4,5)17-6/h12,15H,7-11H2,1-6H3. The van der Waals surface area contributed by atoms with Gasteiger partial charge in [0.15, 0.2) is 0 Å². The number of ether oxygens (including phenoxy) is 1. The van der Waals surface area contributed by atoms with Crippen LogP contribution in [-0.4, -0.2) is 48.8 Å². The molecule has 3 heteroatoms. The molecule has 0 aliphatic carbocycles. The Labute approximate surface area is 107 Å². The molecule has 0 amide bonds. The molecule has 1 rings (SSSR count).